The summed E-state index contributed by atoms with van der Waals surface area (Å²) in [5, 5.41) is 4.52. The molecule has 1 atom stereocenters. The quantitative estimate of drug-likeness (QED) is 0.712. The maximum absolute atomic E-state index is 5.79. The Balaban J connectivity index is 1.74. The maximum atomic E-state index is 5.79. The monoisotopic (exact) mass is 277 g/mol. The SMILES string of the molecule is CC(Cc1ccccc1)Nc1ccc2cc(N)ccc2n1. The molecule has 3 nitrogen and oxygen atoms in total. The van der Waals surface area contributed by atoms with Crippen molar-refractivity contribution in [3.63, 3.8) is 0 Å². The average Bonchev–Trinajstić information content (AvgIpc) is 2.48. The second-order valence-electron chi connectivity index (χ2n) is 5.38. The fraction of sp³-hybridized carbons (Fsp3) is 0.167. The van der Waals surface area contributed by atoms with Crippen molar-refractivity contribution >= 4 is 22.4 Å². The number of aromatic nitrogens is 1. The van der Waals surface area contributed by atoms with Crippen LogP contribution in [0.5, 0.6) is 0 Å². The number of benzene rings is 2. The number of nitrogens with zero attached hydrogens (tertiary/aromatic N) is 1. The van der Waals surface area contributed by atoms with Gasteiger partial charge < -0.3 is 11.1 Å². The molecule has 2 aromatic carbocycles. The molecule has 0 aliphatic heterocycles. The molecule has 0 bridgehead atoms. The highest BCUT2D eigenvalue weighted by Gasteiger charge is 2.05. The lowest BCUT2D eigenvalue weighted by Crippen LogP contribution is -2.18. The van der Waals surface area contributed by atoms with Crippen molar-refractivity contribution in [3.8, 4) is 0 Å². The van der Waals surface area contributed by atoms with Crippen LogP contribution in [0, 0.1) is 0 Å². The highest BCUT2D eigenvalue weighted by Crippen LogP contribution is 2.18. The molecule has 1 unspecified atom stereocenters. The number of pyridine rings is 1. The zero-order chi connectivity index (χ0) is 14.7. The first-order valence-corrected chi connectivity index (χ1v) is 7.17. The number of rotatable bonds is 4. The van der Waals surface area contributed by atoms with Crippen molar-refractivity contribution in [2.75, 3.05) is 11.1 Å². The number of hydrogen-bond donors (Lipinski definition) is 2. The molecule has 0 saturated heterocycles. The molecule has 0 fully saturated rings. The van der Waals surface area contributed by atoms with Crippen LogP contribution >= 0.6 is 0 Å². The number of hydrogen-bond acceptors (Lipinski definition) is 3. The highest BCUT2D eigenvalue weighted by molar-refractivity contribution is 5.83. The fourth-order valence-electron chi connectivity index (χ4n) is 2.50. The van der Waals surface area contributed by atoms with Gasteiger partial charge in [0.05, 0.1) is 5.52 Å². The Hall–Kier alpha value is -2.55. The van der Waals surface area contributed by atoms with Crippen LogP contribution in [0.4, 0.5) is 11.5 Å². The first kappa shape index (κ1) is 13.4. The van der Waals surface area contributed by atoms with E-state index in [1.807, 2.05) is 30.3 Å². The number of nitrogen functional groups attached to an aromatic ring is 1. The Labute approximate surface area is 124 Å². The third-order valence-corrected chi connectivity index (χ3v) is 3.49. The first-order chi connectivity index (χ1) is 10.2. The standard InChI is InChI=1S/C18H19N3/c1-13(11-14-5-3-2-4-6-14)20-18-10-7-15-12-16(19)8-9-17(15)21-18/h2-10,12-13H,11,19H2,1H3,(H,20,21). The molecule has 0 amide bonds. The summed E-state index contributed by atoms with van der Waals surface area (Å²) in [6, 6.07) is 20.6. The van der Waals surface area contributed by atoms with Crippen molar-refractivity contribution in [1.29, 1.82) is 0 Å². The van der Waals surface area contributed by atoms with Gasteiger partial charge in [-0.05, 0) is 49.2 Å². The molecule has 3 aromatic rings. The average molecular weight is 277 g/mol. The summed E-state index contributed by atoms with van der Waals surface area (Å²) in [4.78, 5) is 4.63. The summed E-state index contributed by atoms with van der Waals surface area (Å²) in [6.07, 6.45) is 0.974. The largest absolute Gasteiger partial charge is 0.399 e. The van der Waals surface area contributed by atoms with Crippen LogP contribution in [-0.2, 0) is 6.42 Å². The molecular formula is C18H19N3. The van der Waals surface area contributed by atoms with Crippen molar-refractivity contribution in [2.45, 2.75) is 19.4 Å². The maximum Gasteiger partial charge on any atom is 0.126 e. The Bertz CT molecular complexity index is 738. The first-order valence-electron chi connectivity index (χ1n) is 7.17. The Morgan fingerprint density at radius 3 is 2.67 bits per heavy atom. The second kappa shape index (κ2) is 5.83. The van der Waals surface area contributed by atoms with Crippen LogP contribution in [0.25, 0.3) is 10.9 Å². The minimum absolute atomic E-state index is 0.325. The van der Waals surface area contributed by atoms with Crippen LogP contribution in [0.1, 0.15) is 12.5 Å². The number of fused-ring (bicyclic) bond motifs is 1. The Kier molecular flexibility index (Phi) is 3.73. The lowest BCUT2D eigenvalue weighted by Gasteiger charge is -2.15. The second-order valence-corrected chi connectivity index (χ2v) is 5.38. The normalized spacial score (nSPS) is 12.2. The Morgan fingerprint density at radius 2 is 1.86 bits per heavy atom. The van der Waals surface area contributed by atoms with Gasteiger partial charge in [-0.25, -0.2) is 4.98 Å². The third kappa shape index (κ3) is 3.31. The number of anilines is 2. The molecular weight excluding hydrogens is 258 g/mol. The van der Waals surface area contributed by atoms with Crippen molar-refractivity contribution < 1.29 is 0 Å². The van der Waals surface area contributed by atoms with Gasteiger partial charge in [0, 0.05) is 17.1 Å². The van der Waals surface area contributed by atoms with Gasteiger partial charge in [-0.2, -0.15) is 0 Å². The lowest BCUT2D eigenvalue weighted by molar-refractivity contribution is 0.786. The molecule has 1 heterocycles. The highest BCUT2D eigenvalue weighted by atomic mass is 15.0. The van der Waals surface area contributed by atoms with E-state index < -0.39 is 0 Å². The molecule has 0 saturated carbocycles. The van der Waals surface area contributed by atoms with Gasteiger partial charge in [0.2, 0.25) is 0 Å². The fourth-order valence-corrected chi connectivity index (χ4v) is 2.50. The molecule has 3 rings (SSSR count). The molecule has 0 aliphatic carbocycles. The number of nitrogens with two attached hydrogens (primary N) is 1. The van der Waals surface area contributed by atoms with Crippen LogP contribution in [0.3, 0.4) is 0 Å². The molecule has 3 N–H and O–H groups in total. The van der Waals surface area contributed by atoms with Crippen LogP contribution in [-0.4, -0.2) is 11.0 Å². The third-order valence-electron chi connectivity index (χ3n) is 3.49. The summed E-state index contributed by atoms with van der Waals surface area (Å²) in [5.41, 5.74) is 8.84. The van der Waals surface area contributed by atoms with E-state index in [1.54, 1.807) is 0 Å². The molecule has 1 aromatic heterocycles. The molecule has 0 radical (unpaired) electrons. The van der Waals surface area contributed by atoms with E-state index >= 15 is 0 Å². The molecule has 0 spiro atoms. The smallest absolute Gasteiger partial charge is 0.126 e. The topological polar surface area (TPSA) is 50.9 Å². The summed E-state index contributed by atoms with van der Waals surface area (Å²) in [5.74, 6) is 0.899. The van der Waals surface area contributed by atoms with Gasteiger partial charge in [0.25, 0.3) is 0 Å². The Morgan fingerprint density at radius 1 is 1.05 bits per heavy atom. The summed E-state index contributed by atoms with van der Waals surface area (Å²) < 4.78 is 0. The van der Waals surface area contributed by atoms with Crippen LogP contribution < -0.4 is 11.1 Å². The number of nitrogens with one attached hydrogen (secondary N) is 1. The van der Waals surface area contributed by atoms with Gasteiger partial charge in [0.1, 0.15) is 5.82 Å². The van der Waals surface area contributed by atoms with Crippen LogP contribution in [0.15, 0.2) is 60.7 Å². The van der Waals surface area contributed by atoms with E-state index in [-0.39, 0.29) is 0 Å². The van der Waals surface area contributed by atoms with Crippen molar-refractivity contribution in [2.24, 2.45) is 0 Å². The van der Waals surface area contributed by atoms with Gasteiger partial charge in [0.15, 0.2) is 0 Å². The van der Waals surface area contributed by atoms with Gasteiger partial charge in [-0.3, -0.25) is 0 Å². The van der Waals surface area contributed by atoms with E-state index in [1.165, 1.54) is 5.56 Å². The molecule has 106 valence electrons. The zero-order valence-electron chi connectivity index (χ0n) is 12.1. The minimum Gasteiger partial charge on any atom is -0.399 e. The summed E-state index contributed by atoms with van der Waals surface area (Å²) in [6.45, 7) is 2.17. The van der Waals surface area contributed by atoms with Crippen molar-refractivity contribution in [1.82, 2.24) is 4.98 Å². The summed E-state index contributed by atoms with van der Waals surface area (Å²) in [7, 11) is 0. The van der Waals surface area contributed by atoms with E-state index in [0.29, 0.717) is 6.04 Å². The lowest BCUT2D eigenvalue weighted by atomic mass is 10.1. The van der Waals surface area contributed by atoms with Gasteiger partial charge in [-0.1, -0.05) is 30.3 Å². The summed E-state index contributed by atoms with van der Waals surface area (Å²) >= 11 is 0. The van der Waals surface area contributed by atoms with Gasteiger partial charge >= 0.3 is 0 Å². The molecule has 0 aliphatic rings. The zero-order valence-corrected chi connectivity index (χ0v) is 12.1. The van der Waals surface area contributed by atoms with Crippen LogP contribution in [0.2, 0.25) is 0 Å². The molecule has 3 heteroatoms. The minimum atomic E-state index is 0.325. The van der Waals surface area contributed by atoms with Gasteiger partial charge in [-0.15, -0.1) is 0 Å². The predicted molar refractivity (Wildman–Crippen MR) is 89.4 cm³/mol. The van der Waals surface area contributed by atoms with E-state index in [9.17, 15) is 0 Å². The predicted octanol–water partition coefficient (Wildman–Crippen LogP) is 3.86. The van der Waals surface area contributed by atoms with Crippen molar-refractivity contribution in [3.05, 3.63) is 66.2 Å². The van der Waals surface area contributed by atoms with E-state index in [0.717, 1.165) is 28.8 Å². The molecule has 21 heavy (non-hydrogen) atoms. The van der Waals surface area contributed by atoms with E-state index in [4.69, 9.17) is 5.73 Å². The van der Waals surface area contributed by atoms with E-state index in [2.05, 4.69) is 47.6 Å².